The third-order valence-electron chi connectivity index (χ3n) is 4.75. The predicted octanol–water partition coefficient (Wildman–Crippen LogP) is 2.80. The van der Waals surface area contributed by atoms with Gasteiger partial charge in [0, 0.05) is 37.8 Å². The highest BCUT2D eigenvalue weighted by atomic mass is 19.1. The molecule has 0 radical (unpaired) electrons. The van der Waals surface area contributed by atoms with Gasteiger partial charge in [-0.3, -0.25) is 4.90 Å². The maximum atomic E-state index is 14.2. The molecule has 3 aliphatic heterocycles. The van der Waals surface area contributed by atoms with E-state index in [1.165, 1.54) is 18.6 Å². The summed E-state index contributed by atoms with van der Waals surface area (Å²) in [6, 6.07) is 3.32. The highest BCUT2D eigenvalue weighted by molar-refractivity contribution is 5.26. The minimum Gasteiger partial charge on any atom is -0.304 e. The molecule has 0 amide bonds. The molecule has 0 saturated carbocycles. The largest absolute Gasteiger partial charge is 0.304 e. The number of hydrogen-bond donors (Lipinski definition) is 0. The lowest BCUT2D eigenvalue weighted by molar-refractivity contribution is 0.121. The molecule has 4 rings (SSSR count). The Kier molecular flexibility index (Phi) is 3.78. The molecule has 1 aromatic carbocycles. The van der Waals surface area contributed by atoms with E-state index >= 15 is 0 Å². The maximum Gasteiger partial charge on any atom is 0.133 e. The Morgan fingerprint density at radius 2 is 1.95 bits per heavy atom. The van der Waals surface area contributed by atoms with Gasteiger partial charge < -0.3 is 4.90 Å². The van der Waals surface area contributed by atoms with Gasteiger partial charge in [-0.25, -0.2) is 8.78 Å². The van der Waals surface area contributed by atoms with Gasteiger partial charge in [0.15, 0.2) is 0 Å². The van der Waals surface area contributed by atoms with Crippen LogP contribution in [-0.2, 0) is 6.54 Å². The Morgan fingerprint density at radius 1 is 1.15 bits per heavy atom. The summed E-state index contributed by atoms with van der Waals surface area (Å²) in [4.78, 5) is 4.63. The van der Waals surface area contributed by atoms with Crippen molar-refractivity contribution in [2.24, 2.45) is 5.92 Å². The maximum absolute atomic E-state index is 14.2. The molecule has 2 nitrogen and oxygen atoms in total. The van der Waals surface area contributed by atoms with Gasteiger partial charge in [-0.2, -0.15) is 0 Å². The van der Waals surface area contributed by atoms with Crippen molar-refractivity contribution in [2.45, 2.75) is 32.4 Å². The molecule has 4 heteroatoms. The summed E-state index contributed by atoms with van der Waals surface area (Å²) in [5, 5.41) is 0. The number of hydrogen-bond acceptors (Lipinski definition) is 2. The van der Waals surface area contributed by atoms with Crippen molar-refractivity contribution >= 4 is 0 Å². The van der Waals surface area contributed by atoms with Gasteiger partial charge >= 0.3 is 0 Å². The topological polar surface area (TPSA) is 6.48 Å². The lowest BCUT2D eigenvalue weighted by Crippen LogP contribution is -2.43. The zero-order valence-electron chi connectivity index (χ0n) is 12.2. The first kappa shape index (κ1) is 14.0. The molecule has 1 aromatic rings. The highest BCUT2D eigenvalue weighted by Gasteiger charge is 2.34. The Balaban J connectivity index is 1.83. The van der Waals surface area contributed by atoms with Gasteiger partial charge in [0.05, 0.1) is 0 Å². The zero-order valence-corrected chi connectivity index (χ0v) is 12.2. The third-order valence-corrected chi connectivity index (χ3v) is 4.75. The molecule has 3 saturated heterocycles. The molecule has 0 aromatic heterocycles. The highest BCUT2D eigenvalue weighted by Crippen LogP contribution is 2.29. The van der Waals surface area contributed by atoms with Crippen molar-refractivity contribution in [3.8, 4) is 0 Å². The van der Waals surface area contributed by atoms with Gasteiger partial charge in [-0.1, -0.05) is 6.07 Å². The molecule has 0 aliphatic carbocycles. The van der Waals surface area contributed by atoms with Crippen molar-refractivity contribution in [3.05, 3.63) is 34.9 Å². The summed E-state index contributed by atoms with van der Waals surface area (Å²) in [5.41, 5.74) is 0.763. The molecular formula is C16H22F2N2. The number of halogens is 2. The van der Waals surface area contributed by atoms with Crippen molar-refractivity contribution in [1.82, 2.24) is 9.80 Å². The molecule has 3 heterocycles. The van der Waals surface area contributed by atoms with E-state index in [-0.39, 0.29) is 11.4 Å². The first-order valence-electron chi connectivity index (χ1n) is 7.40. The summed E-state index contributed by atoms with van der Waals surface area (Å²) in [5.74, 6) is -0.158. The van der Waals surface area contributed by atoms with Crippen molar-refractivity contribution in [3.63, 3.8) is 0 Å². The van der Waals surface area contributed by atoms with Gasteiger partial charge in [-0.15, -0.1) is 0 Å². The predicted molar refractivity (Wildman–Crippen MR) is 75.5 cm³/mol. The second-order valence-corrected chi connectivity index (χ2v) is 6.40. The monoisotopic (exact) mass is 280 g/mol. The Bertz CT molecular complexity index is 503. The van der Waals surface area contributed by atoms with Crippen molar-refractivity contribution in [2.75, 3.05) is 26.7 Å². The van der Waals surface area contributed by atoms with Gasteiger partial charge in [0.1, 0.15) is 11.6 Å². The average Bonchev–Trinajstić information content (AvgIpc) is 2.68. The molecule has 3 aliphatic rings. The third kappa shape index (κ3) is 2.59. The molecule has 3 fully saturated rings. The summed E-state index contributed by atoms with van der Waals surface area (Å²) < 4.78 is 28.1. The second kappa shape index (κ2) is 5.41. The van der Waals surface area contributed by atoms with Crippen LogP contribution in [0.4, 0.5) is 8.78 Å². The number of benzene rings is 1. The molecule has 0 spiro atoms. The van der Waals surface area contributed by atoms with Gasteiger partial charge in [0.25, 0.3) is 0 Å². The first-order chi connectivity index (χ1) is 9.54. The number of aryl methyl sites for hydroxylation is 1. The van der Waals surface area contributed by atoms with Crippen LogP contribution in [0.1, 0.15) is 24.0 Å². The van der Waals surface area contributed by atoms with Crippen LogP contribution in [0.3, 0.4) is 0 Å². The summed E-state index contributed by atoms with van der Waals surface area (Å²) in [6.07, 6.45) is 2.38. The Labute approximate surface area is 119 Å². The summed E-state index contributed by atoms with van der Waals surface area (Å²) >= 11 is 0. The molecular weight excluding hydrogens is 258 g/mol. The van der Waals surface area contributed by atoms with Crippen LogP contribution < -0.4 is 0 Å². The van der Waals surface area contributed by atoms with E-state index in [2.05, 4.69) is 16.8 Å². The Morgan fingerprint density at radius 3 is 2.75 bits per heavy atom. The van der Waals surface area contributed by atoms with Crippen LogP contribution in [-0.4, -0.2) is 42.5 Å². The minimum absolute atomic E-state index is 0.236. The average molecular weight is 280 g/mol. The van der Waals surface area contributed by atoms with Crippen molar-refractivity contribution < 1.29 is 8.78 Å². The minimum atomic E-state index is -0.415. The van der Waals surface area contributed by atoms with Crippen LogP contribution in [0.25, 0.3) is 0 Å². The molecule has 0 N–H and O–H groups in total. The van der Waals surface area contributed by atoms with E-state index in [1.54, 1.807) is 6.92 Å². The quantitative estimate of drug-likeness (QED) is 0.822. The van der Waals surface area contributed by atoms with E-state index in [0.29, 0.717) is 24.1 Å². The fourth-order valence-corrected chi connectivity index (χ4v) is 3.67. The van der Waals surface area contributed by atoms with Crippen molar-refractivity contribution in [1.29, 1.82) is 0 Å². The number of piperidine rings is 1. The fourth-order valence-electron chi connectivity index (χ4n) is 3.67. The molecule has 2 bridgehead atoms. The van der Waals surface area contributed by atoms with Crippen LogP contribution in [0, 0.1) is 24.5 Å². The van der Waals surface area contributed by atoms with Gasteiger partial charge in [-0.05, 0) is 44.4 Å². The fraction of sp³-hybridized carbons (Fsp3) is 0.625. The van der Waals surface area contributed by atoms with Gasteiger partial charge in [0.2, 0.25) is 0 Å². The summed E-state index contributed by atoms with van der Waals surface area (Å²) in [7, 11) is 2.14. The summed E-state index contributed by atoms with van der Waals surface area (Å²) in [6.45, 7) is 5.16. The van der Waals surface area contributed by atoms with E-state index < -0.39 is 5.82 Å². The number of likely N-dealkylation sites (N-methyl/N-ethyl adjacent to an activating group) is 1. The number of nitrogens with zero attached hydrogens (tertiary/aromatic N) is 2. The molecule has 110 valence electrons. The van der Waals surface area contributed by atoms with Crippen LogP contribution in [0.2, 0.25) is 0 Å². The van der Waals surface area contributed by atoms with E-state index in [1.807, 2.05) is 0 Å². The van der Waals surface area contributed by atoms with E-state index in [0.717, 1.165) is 26.1 Å². The standard InChI is InChI=1S/C16H22F2N2/c1-11-3-6-15(17)14(16(11)18)10-20-8-12-4-5-13(20)9-19(2)7-12/h3,6,12-13H,4-5,7-10H2,1-2H3/t12-,13+/m0/s1. The van der Waals surface area contributed by atoms with E-state index in [4.69, 9.17) is 0 Å². The lowest BCUT2D eigenvalue weighted by Gasteiger charge is -2.36. The molecule has 20 heavy (non-hydrogen) atoms. The Hall–Kier alpha value is -1.00. The number of fused-ring (bicyclic) bond motifs is 4. The second-order valence-electron chi connectivity index (χ2n) is 6.40. The molecule has 2 atom stereocenters. The van der Waals surface area contributed by atoms with Crippen LogP contribution in [0.5, 0.6) is 0 Å². The van der Waals surface area contributed by atoms with Crippen LogP contribution >= 0.6 is 0 Å². The lowest BCUT2D eigenvalue weighted by atomic mass is 9.94. The first-order valence-corrected chi connectivity index (χ1v) is 7.40. The SMILES string of the molecule is Cc1ccc(F)c(CN2C[C@H]3CC[C@@H]2CN(C)C3)c1F. The molecule has 0 unspecified atom stereocenters. The normalized spacial score (nSPS) is 27.8. The number of rotatable bonds is 2. The van der Waals surface area contributed by atoms with E-state index in [9.17, 15) is 8.78 Å². The zero-order chi connectivity index (χ0) is 14.3. The smallest absolute Gasteiger partial charge is 0.133 e. The van der Waals surface area contributed by atoms with Crippen LogP contribution in [0.15, 0.2) is 12.1 Å².